The Labute approximate surface area is 128 Å². The number of carboxylic acids is 1. The number of hydrogen-bond acceptors (Lipinski definition) is 3. The van der Waals surface area contributed by atoms with Gasteiger partial charge in [0.1, 0.15) is 11.7 Å². The number of benzene rings is 1. The molecule has 2 N–H and O–H groups in total. The first-order valence-electron chi connectivity index (χ1n) is 6.83. The van der Waals surface area contributed by atoms with Crippen LogP contribution in [0, 0.1) is 0 Å². The molecular formula is C17H16N2O3. The minimum absolute atomic E-state index is 0.195. The molecule has 0 radical (unpaired) electrons. The Kier molecular flexibility index (Phi) is 5.43. The van der Waals surface area contributed by atoms with E-state index in [0.717, 1.165) is 5.56 Å². The first kappa shape index (κ1) is 15.4. The van der Waals surface area contributed by atoms with Crippen LogP contribution in [0.25, 0.3) is 6.08 Å². The van der Waals surface area contributed by atoms with E-state index in [1.807, 2.05) is 36.4 Å². The van der Waals surface area contributed by atoms with Crippen LogP contribution in [0.3, 0.4) is 0 Å². The minimum atomic E-state index is -1.08. The third-order valence-corrected chi connectivity index (χ3v) is 2.98. The quantitative estimate of drug-likeness (QED) is 0.857. The number of carboxylic acid groups (broad SMARTS) is 1. The van der Waals surface area contributed by atoms with Crippen molar-refractivity contribution in [1.29, 1.82) is 0 Å². The second-order valence-corrected chi connectivity index (χ2v) is 4.63. The van der Waals surface area contributed by atoms with Crippen LogP contribution in [-0.4, -0.2) is 28.0 Å². The van der Waals surface area contributed by atoms with Gasteiger partial charge in [0.05, 0.1) is 0 Å². The fourth-order valence-electron chi connectivity index (χ4n) is 1.86. The van der Waals surface area contributed by atoms with Crippen molar-refractivity contribution < 1.29 is 14.7 Å². The van der Waals surface area contributed by atoms with Crippen molar-refractivity contribution in [2.75, 3.05) is 0 Å². The Morgan fingerprint density at radius 3 is 2.50 bits per heavy atom. The van der Waals surface area contributed by atoms with Gasteiger partial charge in [0.2, 0.25) is 0 Å². The van der Waals surface area contributed by atoms with Gasteiger partial charge in [-0.05, 0) is 24.1 Å². The molecule has 0 saturated heterocycles. The van der Waals surface area contributed by atoms with Crippen LogP contribution in [0.5, 0.6) is 0 Å². The van der Waals surface area contributed by atoms with Gasteiger partial charge in [-0.25, -0.2) is 4.79 Å². The molecule has 0 unspecified atom stereocenters. The molecule has 0 fully saturated rings. The molecule has 0 spiro atoms. The molecule has 1 aromatic carbocycles. The molecular weight excluding hydrogens is 280 g/mol. The number of pyridine rings is 1. The third-order valence-electron chi connectivity index (χ3n) is 2.98. The summed E-state index contributed by atoms with van der Waals surface area (Å²) in [5, 5.41) is 11.7. The minimum Gasteiger partial charge on any atom is -0.480 e. The summed E-state index contributed by atoms with van der Waals surface area (Å²) in [6.45, 7) is 0. The van der Waals surface area contributed by atoms with Gasteiger partial charge < -0.3 is 10.4 Å². The van der Waals surface area contributed by atoms with Crippen LogP contribution >= 0.6 is 0 Å². The van der Waals surface area contributed by atoms with Crippen molar-refractivity contribution in [2.45, 2.75) is 12.5 Å². The number of nitrogens with zero attached hydrogens (tertiary/aromatic N) is 1. The van der Waals surface area contributed by atoms with Crippen molar-refractivity contribution in [2.24, 2.45) is 0 Å². The number of aliphatic carboxylic acids is 1. The van der Waals surface area contributed by atoms with Crippen molar-refractivity contribution in [3.8, 4) is 0 Å². The van der Waals surface area contributed by atoms with Crippen LogP contribution < -0.4 is 5.32 Å². The summed E-state index contributed by atoms with van der Waals surface area (Å²) in [6.07, 6.45) is 5.23. The van der Waals surface area contributed by atoms with E-state index < -0.39 is 17.9 Å². The Morgan fingerprint density at radius 1 is 1.14 bits per heavy atom. The molecule has 1 atom stereocenters. The summed E-state index contributed by atoms with van der Waals surface area (Å²) in [7, 11) is 0. The molecule has 5 nitrogen and oxygen atoms in total. The molecule has 112 valence electrons. The fraction of sp³-hybridized carbons (Fsp3) is 0.118. The Bertz CT molecular complexity index is 654. The zero-order chi connectivity index (χ0) is 15.8. The van der Waals surface area contributed by atoms with Gasteiger partial charge in [-0.3, -0.25) is 9.78 Å². The summed E-state index contributed by atoms with van der Waals surface area (Å²) < 4.78 is 0. The summed E-state index contributed by atoms with van der Waals surface area (Å²) in [5.41, 5.74) is 1.17. The first-order valence-corrected chi connectivity index (χ1v) is 6.83. The lowest BCUT2D eigenvalue weighted by atomic mass is 10.1. The van der Waals surface area contributed by atoms with Crippen LogP contribution in [0.4, 0.5) is 0 Å². The lowest BCUT2D eigenvalue weighted by Crippen LogP contribution is -2.40. The standard InChI is InChI=1S/C17H16N2O3/c20-16(14-10-4-5-12-18-14)19-15(17(21)22)11-6-9-13-7-2-1-3-8-13/h1-10,12,15H,11H2,(H,19,20)(H,21,22)/b9-6+/t15-/m0/s1. The second-order valence-electron chi connectivity index (χ2n) is 4.63. The SMILES string of the molecule is O=C(N[C@@H](C/C=C/c1ccccc1)C(=O)O)c1ccccn1. The average Bonchev–Trinajstić information content (AvgIpc) is 2.55. The summed E-state index contributed by atoms with van der Waals surface area (Å²) in [4.78, 5) is 27.1. The van der Waals surface area contributed by atoms with Crippen LogP contribution in [0.2, 0.25) is 0 Å². The van der Waals surface area contributed by atoms with Crippen LogP contribution in [0.15, 0.2) is 60.8 Å². The topological polar surface area (TPSA) is 79.3 Å². The number of hydrogen-bond donors (Lipinski definition) is 2. The average molecular weight is 296 g/mol. The van der Waals surface area contributed by atoms with E-state index in [-0.39, 0.29) is 12.1 Å². The highest BCUT2D eigenvalue weighted by molar-refractivity contribution is 5.94. The molecule has 1 aromatic heterocycles. The van der Waals surface area contributed by atoms with E-state index in [2.05, 4.69) is 10.3 Å². The number of aromatic nitrogens is 1. The maximum Gasteiger partial charge on any atom is 0.326 e. The maximum absolute atomic E-state index is 11.9. The number of rotatable bonds is 6. The first-order chi connectivity index (χ1) is 10.7. The van der Waals surface area contributed by atoms with E-state index in [0.29, 0.717) is 0 Å². The van der Waals surface area contributed by atoms with E-state index in [4.69, 9.17) is 0 Å². The molecule has 0 bridgehead atoms. The predicted molar refractivity (Wildman–Crippen MR) is 83.2 cm³/mol. The summed E-state index contributed by atoms with van der Waals surface area (Å²) in [5.74, 6) is -1.58. The molecule has 1 heterocycles. The van der Waals surface area contributed by atoms with E-state index in [9.17, 15) is 14.7 Å². The maximum atomic E-state index is 11.9. The van der Waals surface area contributed by atoms with Crippen molar-refractivity contribution >= 4 is 18.0 Å². The van der Waals surface area contributed by atoms with Gasteiger partial charge >= 0.3 is 5.97 Å². The second kappa shape index (κ2) is 7.73. The zero-order valence-corrected chi connectivity index (χ0v) is 11.8. The van der Waals surface area contributed by atoms with Crippen molar-refractivity contribution in [1.82, 2.24) is 10.3 Å². The van der Waals surface area contributed by atoms with Gasteiger partial charge in [0, 0.05) is 6.20 Å². The van der Waals surface area contributed by atoms with Crippen molar-refractivity contribution in [3.63, 3.8) is 0 Å². The van der Waals surface area contributed by atoms with E-state index in [1.54, 1.807) is 18.2 Å². The number of carbonyl (C=O) groups is 2. The zero-order valence-electron chi connectivity index (χ0n) is 11.8. The van der Waals surface area contributed by atoms with Crippen molar-refractivity contribution in [3.05, 3.63) is 72.1 Å². The van der Waals surface area contributed by atoms with E-state index >= 15 is 0 Å². The lowest BCUT2D eigenvalue weighted by molar-refractivity contribution is -0.139. The Balaban J connectivity index is 1.97. The molecule has 1 amide bonds. The molecule has 22 heavy (non-hydrogen) atoms. The molecule has 5 heteroatoms. The highest BCUT2D eigenvalue weighted by Crippen LogP contribution is 2.04. The Hall–Kier alpha value is -2.95. The molecule has 2 aromatic rings. The fourth-order valence-corrected chi connectivity index (χ4v) is 1.86. The summed E-state index contributed by atoms with van der Waals surface area (Å²) in [6, 6.07) is 13.4. The molecule has 0 saturated carbocycles. The molecule has 0 aliphatic carbocycles. The molecule has 0 aliphatic heterocycles. The van der Waals surface area contributed by atoms with Gasteiger partial charge in [0.25, 0.3) is 5.91 Å². The van der Waals surface area contributed by atoms with Gasteiger partial charge in [-0.1, -0.05) is 48.6 Å². The third kappa shape index (κ3) is 4.56. The van der Waals surface area contributed by atoms with Gasteiger partial charge in [-0.2, -0.15) is 0 Å². The highest BCUT2D eigenvalue weighted by Gasteiger charge is 2.19. The number of carbonyl (C=O) groups excluding carboxylic acids is 1. The normalized spacial score (nSPS) is 12.0. The highest BCUT2D eigenvalue weighted by atomic mass is 16.4. The smallest absolute Gasteiger partial charge is 0.326 e. The van der Waals surface area contributed by atoms with Gasteiger partial charge in [-0.15, -0.1) is 0 Å². The number of amides is 1. The van der Waals surface area contributed by atoms with Crippen LogP contribution in [-0.2, 0) is 4.79 Å². The molecule has 0 aliphatic rings. The largest absolute Gasteiger partial charge is 0.480 e. The molecule has 2 rings (SSSR count). The predicted octanol–water partition coefficient (Wildman–Crippen LogP) is 2.37. The lowest BCUT2D eigenvalue weighted by Gasteiger charge is -2.12. The number of nitrogens with one attached hydrogen (secondary N) is 1. The monoisotopic (exact) mass is 296 g/mol. The van der Waals surface area contributed by atoms with Gasteiger partial charge in [0.15, 0.2) is 0 Å². The summed E-state index contributed by atoms with van der Waals surface area (Å²) >= 11 is 0. The van der Waals surface area contributed by atoms with Crippen LogP contribution in [0.1, 0.15) is 22.5 Å². The van der Waals surface area contributed by atoms with E-state index in [1.165, 1.54) is 12.3 Å². The Morgan fingerprint density at radius 2 is 1.86 bits per heavy atom.